The van der Waals surface area contributed by atoms with Crippen LogP contribution in [0.2, 0.25) is 10.0 Å². The summed E-state index contributed by atoms with van der Waals surface area (Å²) in [4.78, 5) is 6.87. The first-order valence-electron chi connectivity index (χ1n) is 8.39. The molecule has 0 saturated carbocycles. The smallest absolute Gasteiger partial charge is 0.123 e. The molecule has 4 rings (SSSR count). The second-order valence-electron chi connectivity index (χ2n) is 6.60. The molecular weight excluding hydrogens is 387 g/mol. The van der Waals surface area contributed by atoms with Crippen LogP contribution in [0, 0.1) is 0 Å². The van der Waals surface area contributed by atoms with Crippen molar-refractivity contribution in [2.45, 2.75) is 25.1 Å². The van der Waals surface area contributed by atoms with Gasteiger partial charge in [-0.3, -0.25) is 4.90 Å². The summed E-state index contributed by atoms with van der Waals surface area (Å²) in [7, 11) is 2.00. The number of benzene rings is 2. The van der Waals surface area contributed by atoms with Crippen molar-refractivity contribution >= 4 is 34.5 Å². The van der Waals surface area contributed by atoms with Crippen LogP contribution in [-0.2, 0) is 13.0 Å². The number of thiazole rings is 1. The van der Waals surface area contributed by atoms with Crippen LogP contribution in [0.1, 0.15) is 22.9 Å². The molecule has 0 saturated heterocycles. The van der Waals surface area contributed by atoms with Gasteiger partial charge < -0.3 is 5.11 Å². The van der Waals surface area contributed by atoms with E-state index in [1.807, 2.05) is 31.3 Å². The molecule has 1 aromatic heterocycles. The van der Waals surface area contributed by atoms with E-state index in [0.717, 1.165) is 27.4 Å². The number of fused-ring (bicyclic) bond motifs is 1. The highest BCUT2D eigenvalue weighted by atomic mass is 35.5. The van der Waals surface area contributed by atoms with Crippen LogP contribution in [0.4, 0.5) is 0 Å². The summed E-state index contributed by atoms with van der Waals surface area (Å²) < 4.78 is 0. The first kappa shape index (κ1) is 18.0. The van der Waals surface area contributed by atoms with Crippen molar-refractivity contribution < 1.29 is 5.11 Å². The second kappa shape index (κ2) is 7.29. The zero-order valence-electron chi connectivity index (χ0n) is 14.2. The molecule has 0 aliphatic heterocycles. The van der Waals surface area contributed by atoms with Crippen molar-refractivity contribution in [2.75, 3.05) is 7.05 Å². The molecule has 1 aliphatic rings. The van der Waals surface area contributed by atoms with Crippen LogP contribution in [0.15, 0.2) is 47.8 Å². The molecule has 0 radical (unpaired) electrons. The maximum absolute atomic E-state index is 10.6. The molecule has 1 aliphatic carbocycles. The predicted octanol–water partition coefficient (Wildman–Crippen LogP) is 5.21. The number of rotatable bonds is 4. The van der Waals surface area contributed by atoms with Gasteiger partial charge in [0.05, 0.1) is 17.8 Å². The van der Waals surface area contributed by atoms with E-state index in [4.69, 9.17) is 28.2 Å². The first-order chi connectivity index (χ1) is 12.5. The van der Waals surface area contributed by atoms with Gasteiger partial charge in [0.1, 0.15) is 5.01 Å². The number of halogens is 2. The van der Waals surface area contributed by atoms with Crippen molar-refractivity contribution in [3.05, 3.63) is 74.7 Å². The predicted molar refractivity (Wildman–Crippen MR) is 108 cm³/mol. The lowest BCUT2D eigenvalue weighted by atomic mass is 10.1. The molecule has 0 fully saturated rings. The Balaban J connectivity index is 1.56. The van der Waals surface area contributed by atoms with Gasteiger partial charge in [0.15, 0.2) is 0 Å². The van der Waals surface area contributed by atoms with Crippen LogP contribution in [0.25, 0.3) is 10.6 Å². The summed E-state index contributed by atoms with van der Waals surface area (Å²) in [6.07, 6.45) is 0.0466. The standard InChI is InChI=1S/C20H18Cl2N2OS/c1-24(10-14-11-26-20(23-14)12-5-3-2-4-6-12)19-16-7-13(21)8-17(22)15(16)9-18(19)25/h2-8,11,18-19,25H,9-10H2,1H3/t18-,19+/m0/s1. The van der Waals surface area contributed by atoms with Crippen molar-refractivity contribution in [1.82, 2.24) is 9.88 Å². The highest BCUT2D eigenvalue weighted by Crippen LogP contribution is 2.41. The molecule has 3 nitrogen and oxygen atoms in total. The van der Waals surface area contributed by atoms with Gasteiger partial charge in [-0.05, 0) is 30.3 Å². The Hall–Kier alpha value is -1.43. The third-order valence-electron chi connectivity index (χ3n) is 4.75. The Morgan fingerprint density at radius 3 is 2.77 bits per heavy atom. The van der Waals surface area contributed by atoms with Crippen LogP contribution in [-0.4, -0.2) is 28.1 Å². The molecule has 1 N–H and O–H groups in total. The zero-order chi connectivity index (χ0) is 18.3. The molecule has 6 heteroatoms. The van der Waals surface area contributed by atoms with Gasteiger partial charge >= 0.3 is 0 Å². The molecule has 2 aromatic carbocycles. The average molecular weight is 405 g/mol. The molecular formula is C20H18Cl2N2OS. The van der Waals surface area contributed by atoms with Crippen molar-refractivity contribution in [2.24, 2.45) is 0 Å². The minimum atomic E-state index is -0.502. The van der Waals surface area contributed by atoms with Crippen molar-refractivity contribution in [1.29, 1.82) is 0 Å². The van der Waals surface area contributed by atoms with E-state index in [2.05, 4.69) is 22.4 Å². The SMILES string of the molecule is CN(Cc1csc(-c2ccccc2)n1)[C@@H]1c2cc(Cl)cc(Cl)c2C[C@@H]1O. The average Bonchev–Trinajstić information content (AvgIpc) is 3.20. The lowest BCUT2D eigenvalue weighted by Crippen LogP contribution is -2.30. The van der Waals surface area contributed by atoms with Gasteiger partial charge in [0.2, 0.25) is 0 Å². The minimum Gasteiger partial charge on any atom is -0.391 e. The third-order valence-corrected chi connectivity index (χ3v) is 6.25. The van der Waals surface area contributed by atoms with Gasteiger partial charge in [0.25, 0.3) is 0 Å². The molecule has 0 bridgehead atoms. The fourth-order valence-corrected chi connectivity index (χ4v) is 5.01. The van der Waals surface area contributed by atoms with Crippen molar-refractivity contribution in [3.63, 3.8) is 0 Å². The Morgan fingerprint density at radius 1 is 1.23 bits per heavy atom. The molecule has 26 heavy (non-hydrogen) atoms. The Labute approximate surface area is 166 Å². The summed E-state index contributed by atoms with van der Waals surface area (Å²) in [6, 6.07) is 13.7. The molecule has 3 aromatic rings. The van der Waals surface area contributed by atoms with Crippen LogP contribution in [0.5, 0.6) is 0 Å². The lowest BCUT2D eigenvalue weighted by Gasteiger charge is -2.27. The van der Waals surface area contributed by atoms with Gasteiger partial charge in [-0.15, -0.1) is 11.3 Å². The highest BCUT2D eigenvalue weighted by molar-refractivity contribution is 7.13. The largest absolute Gasteiger partial charge is 0.391 e. The quantitative estimate of drug-likeness (QED) is 0.648. The maximum Gasteiger partial charge on any atom is 0.123 e. The molecule has 0 amide bonds. The van der Waals surface area contributed by atoms with Gasteiger partial charge in [-0.1, -0.05) is 53.5 Å². The highest BCUT2D eigenvalue weighted by Gasteiger charge is 2.35. The van der Waals surface area contributed by atoms with E-state index in [1.165, 1.54) is 0 Å². The summed E-state index contributed by atoms with van der Waals surface area (Å²) in [5.74, 6) is 0. The van der Waals surface area contributed by atoms with Gasteiger partial charge in [-0.2, -0.15) is 0 Å². The third kappa shape index (κ3) is 3.40. The monoisotopic (exact) mass is 404 g/mol. The van der Waals surface area contributed by atoms with E-state index in [-0.39, 0.29) is 6.04 Å². The maximum atomic E-state index is 10.6. The number of aliphatic hydroxyl groups is 1. The van der Waals surface area contributed by atoms with Gasteiger partial charge in [0, 0.05) is 34.0 Å². The van der Waals surface area contributed by atoms with Gasteiger partial charge in [-0.25, -0.2) is 4.98 Å². The van der Waals surface area contributed by atoms with E-state index >= 15 is 0 Å². The van der Waals surface area contributed by atoms with E-state index in [9.17, 15) is 5.11 Å². The summed E-state index contributed by atoms with van der Waals surface area (Å²) >= 11 is 14.1. The fourth-order valence-electron chi connectivity index (χ4n) is 3.61. The van der Waals surface area contributed by atoms with E-state index < -0.39 is 6.10 Å². The van der Waals surface area contributed by atoms with E-state index in [0.29, 0.717) is 23.0 Å². The molecule has 2 atom stereocenters. The van der Waals surface area contributed by atoms with Crippen LogP contribution >= 0.6 is 34.5 Å². The fraction of sp³-hybridized carbons (Fsp3) is 0.250. The lowest BCUT2D eigenvalue weighted by molar-refractivity contribution is 0.0719. The Morgan fingerprint density at radius 2 is 2.00 bits per heavy atom. The van der Waals surface area contributed by atoms with Crippen LogP contribution < -0.4 is 0 Å². The van der Waals surface area contributed by atoms with Crippen LogP contribution in [0.3, 0.4) is 0 Å². The zero-order valence-corrected chi connectivity index (χ0v) is 16.5. The Bertz CT molecular complexity index is 929. The number of aliphatic hydroxyl groups excluding tert-OH is 1. The normalized spacial score (nSPS) is 19.1. The molecule has 134 valence electrons. The van der Waals surface area contributed by atoms with Crippen molar-refractivity contribution in [3.8, 4) is 10.6 Å². The number of nitrogens with zero attached hydrogens (tertiary/aromatic N) is 2. The molecule has 0 spiro atoms. The molecule has 0 unspecified atom stereocenters. The first-order valence-corrected chi connectivity index (χ1v) is 10.0. The summed E-state index contributed by atoms with van der Waals surface area (Å²) in [5, 5.41) is 14.9. The second-order valence-corrected chi connectivity index (χ2v) is 8.30. The number of hydrogen-bond donors (Lipinski definition) is 1. The topological polar surface area (TPSA) is 36.4 Å². The summed E-state index contributed by atoms with van der Waals surface area (Å²) in [6.45, 7) is 0.647. The number of aromatic nitrogens is 1. The number of likely N-dealkylation sites (N-methyl/N-ethyl adjacent to an activating group) is 1. The summed E-state index contributed by atoms with van der Waals surface area (Å²) in [5.41, 5.74) is 4.11. The molecule has 1 heterocycles. The Kier molecular flexibility index (Phi) is 5.04. The van der Waals surface area contributed by atoms with E-state index in [1.54, 1.807) is 17.4 Å². The number of hydrogen-bond acceptors (Lipinski definition) is 4. The minimum absolute atomic E-state index is 0.136.